The van der Waals surface area contributed by atoms with Gasteiger partial charge in [-0.2, -0.15) is 5.10 Å². The minimum absolute atomic E-state index is 0.249. The molecule has 7 nitrogen and oxygen atoms in total. The number of fused-ring (bicyclic) bond motifs is 1. The molecule has 1 aliphatic heterocycles. The summed E-state index contributed by atoms with van der Waals surface area (Å²) < 4.78 is 1.78. The Bertz CT molecular complexity index is 640. The Hall–Kier alpha value is -1.73. The summed E-state index contributed by atoms with van der Waals surface area (Å²) >= 11 is 0. The molecule has 22 heavy (non-hydrogen) atoms. The third-order valence-corrected chi connectivity index (χ3v) is 4.45. The third-order valence-electron chi connectivity index (χ3n) is 4.45. The molecule has 120 valence electrons. The molecule has 2 aromatic heterocycles. The Morgan fingerprint density at radius 2 is 2.23 bits per heavy atom. The quantitative estimate of drug-likeness (QED) is 0.855. The number of nitrogens with one attached hydrogen (secondary N) is 1. The first-order valence-corrected chi connectivity index (χ1v) is 7.93. The van der Waals surface area contributed by atoms with Crippen LogP contribution in [0, 0.1) is 6.92 Å². The second-order valence-electron chi connectivity index (χ2n) is 5.92. The molecule has 0 spiro atoms. The van der Waals surface area contributed by atoms with Crippen LogP contribution in [0.5, 0.6) is 0 Å². The van der Waals surface area contributed by atoms with Gasteiger partial charge < -0.3 is 10.4 Å². The summed E-state index contributed by atoms with van der Waals surface area (Å²) in [6, 6.07) is 0.307. The van der Waals surface area contributed by atoms with Crippen LogP contribution in [-0.2, 0) is 7.05 Å². The van der Waals surface area contributed by atoms with Gasteiger partial charge in [-0.05, 0) is 26.3 Å². The van der Waals surface area contributed by atoms with Gasteiger partial charge in [-0.1, -0.05) is 6.42 Å². The van der Waals surface area contributed by atoms with Crippen molar-refractivity contribution in [3.63, 3.8) is 0 Å². The van der Waals surface area contributed by atoms with E-state index in [1.165, 1.54) is 12.8 Å². The molecule has 1 saturated heterocycles. The highest BCUT2D eigenvalue weighted by atomic mass is 16.3. The van der Waals surface area contributed by atoms with Gasteiger partial charge >= 0.3 is 0 Å². The normalized spacial score (nSPS) is 19.7. The summed E-state index contributed by atoms with van der Waals surface area (Å²) in [5.41, 5.74) is 1.79. The molecule has 3 heterocycles. The van der Waals surface area contributed by atoms with Crippen LogP contribution in [0.15, 0.2) is 6.33 Å². The van der Waals surface area contributed by atoms with E-state index in [4.69, 9.17) is 0 Å². The van der Waals surface area contributed by atoms with Gasteiger partial charge in [-0.3, -0.25) is 9.58 Å². The van der Waals surface area contributed by atoms with Gasteiger partial charge in [-0.25, -0.2) is 9.97 Å². The molecule has 7 heteroatoms. The van der Waals surface area contributed by atoms with Gasteiger partial charge in [0.1, 0.15) is 12.1 Å². The highest BCUT2D eigenvalue weighted by Gasteiger charge is 2.21. The van der Waals surface area contributed by atoms with Crippen molar-refractivity contribution in [1.82, 2.24) is 24.6 Å². The van der Waals surface area contributed by atoms with Crippen LogP contribution in [0.1, 0.15) is 25.0 Å². The third kappa shape index (κ3) is 2.91. The van der Waals surface area contributed by atoms with Crippen molar-refractivity contribution in [2.24, 2.45) is 7.05 Å². The molecule has 3 rings (SSSR count). The van der Waals surface area contributed by atoms with Crippen molar-refractivity contribution in [3.05, 3.63) is 12.0 Å². The molecule has 0 aromatic carbocycles. The number of aliphatic hydroxyl groups excluding tert-OH is 1. The number of nitrogens with zero attached hydrogens (tertiary/aromatic N) is 5. The van der Waals surface area contributed by atoms with E-state index in [1.807, 2.05) is 14.0 Å². The number of hydrogen-bond acceptors (Lipinski definition) is 6. The van der Waals surface area contributed by atoms with E-state index in [-0.39, 0.29) is 6.61 Å². The van der Waals surface area contributed by atoms with Gasteiger partial charge in [-0.15, -0.1) is 0 Å². The molecule has 0 amide bonds. The Balaban J connectivity index is 1.67. The van der Waals surface area contributed by atoms with Crippen molar-refractivity contribution in [3.8, 4) is 0 Å². The fourth-order valence-electron chi connectivity index (χ4n) is 3.29. The molecular weight excluding hydrogens is 280 g/mol. The van der Waals surface area contributed by atoms with Crippen molar-refractivity contribution in [1.29, 1.82) is 0 Å². The Kier molecular flexibility index (Phi) is 4.54. The fourth-order valence-corrected chi connectivity index (χ4v) is 3.29. The van der Waals surface area contributed by atoms with Gasteiger partial charge in [0, 0.05) is 26.2 Å². The summed E-state index contributed by atoms with van der Waals surface area (Å²) in [6.07, 6.45) is 5.10. The molecule has 1 aliphatic rings. The predicted octanol–water partition coefficient (Wildman–Crippen LogP) is 0.930. The second kappa shape index (κ2) is 6.58. The van der Waals surface area contributed by atoms with E-state index in [0.29, 0.717) is 6.04 Å². The van der Waals surface area contributed by atoms with Crippen molar-refractivity contribution in [2.75, 3.05) is 31.6 Å². The molecule has 0 saturated carbocycles. The van der Waals surface area contributed by atoms with Crippen molar-refractivity contribution in [2.45, 2.75) is 32.2 Å². The number of likely N-dealkylation sites (tertiary alicyclic amines) is 1. The number of rotatable bonds is 5. The van der Waals surface area contributed by atoms with E-state index >= 15 is 0 Å². The Labute approximate surface area is 130 Å². The first-order valence-electron chi connectivity index (χ1n) is 7.93. The number of aromatic nitrogens is 4. The first kappa shape index (κ1) is 15.2. The lowest BCUT2D eigenvalue weighted by Crippen LogP contribution is -2.44. The average Bonchev–Trinajstić information content (AvgIpc) is 2.83. The highest BCUT2D eigenvalue weighted by Crippen LogP contribution is 2.22. The molecule has 0 aliphatic carbocycles. The van der Waals surface area contributed by atoms with Crippen molar-refractivity contribution < 1.29 is 5.11 Å². The molecule has 2 aromatic rings. The maximum atomic E-state index is 9.46. The zero-order valence-corrected chi connectivity index (χ0v) is 13.3. The molecular formula is C15H24N6O. The second-order valence-corrected chi connectivity index (χ2v) is 5.92. The lowest BCUT2D eigenvalue weighted by atomic mass is 10.0. The minimum atomic E-state index is 0.249. The van der Waals surface area contributed by atoms with Gasteiger partial charge in [0.15, 0.2) is 5.65 Å². The maximum absolute atomic E-state index is 9.46. The first-order chi connectivity index (χ1) is 10.7. The summed E-state index contributed by atoms with van der Waals surface area (Å²) in [5, 5.41) is 18.3. The minimum Gasteiger partial charge on any atom is -0.395 e. The largest absolute Gasteiger partial charge is 0.395 e. The summed E-state index contributed by atoms with van der Waals surface area (Å²) in [4.78, 5) is 11.0. The Morgan fingerprint density at radius 1 is 1.36 bits per heavy atom. The van der Waals surface area contributed by atoms with E-state index in [0.717, 1.165) is 48.6 Å². The lowest BCUT2D eigenvalue weighted by molar-refractivity contribution is 0.0940. The van der Waals surface area contributed by atoms with E-state index < -0.39 is 0 Å². The van der Waals surface area contributed by atoms with Gasteiger partial charge in [0.25, 0.3) is 0 Å². The number of anilines is 1. The lowest BCUT2D eigenvalue weighted by Gasteiger charge is -2.34. The predicted molar refractivity (Wildman–Crippen MR) is 85.8 cm³/mol. The van der Waals surface area contributed by atoms with Gasteiger partial charge in [0.05, 0.1) is 17.7 Å². The zero-order chi connectivity index (χ0) is 15.5. The van der Waals surface area contributed by atoms with Crippen LogP contribution >= 0.6 is 0 Å². The van der Waals surface area contributed by atoms with E-state index in [2.05, 4.69) is 25.3 Å². The van der Waals surface area contributed by atoms with Crippen LogP contribution in [0.25, 0.3) is 11.0 Å². The SMILES string of the molecule is Cc1nn(C)c2ncnc(NCCN3CCCC[C@H]3CO)c12. The topological polar surface area (TPSA) is 79.1 Å². The summed E-state index contributed by atoms with van der Waals surface area (Å²) in [5.74, 6) is 0.841. The van der Waals surface area contributed by atoms with Crippen LogP contribution in [0.3, 0.4) is 0 Å². The summed E-state index contributed by atoms with van der Waals surface area (Å²) in [6.45, 7) is 5.01. The van der Waals surface area contributed by atoms with Crippen LogP contribution in [-0.4, -0.2) is 62.0 Å². The van der Waals surface area contributed by atoms with Gasteiger partial charge in [0.2, 0.25) is 0 Å². The molecule has 1 fully saturated rings. The van der Waals surface area contributed by atoms with Crippen LogP contribution in [0.4, 0.5) is 5.82 Å². The molecule has 2 N–H and O–H groups in total. The van der Waals surface area contributed by atoms with E-state index in [1.54, 1.807) is 11.0 Å². The standard InChI is InChI=1S/C15H24N6O/c1-11-13-14(17-10-18-15(13)20(2)19-11)16-6-8-21-7-4-3-5-12(21)9-22/h10,12,22H,3-9H2,1-2H3,(H,16,17,18)/t12-/m0/s1. The van der Waals surface area contributed by atoms with Crippen molar-refractivity contribution >= 4 is 16.9 Å². The average molecular weight is 304 g/mol. The number of piperidine rings is 1. The highest BCUT2D eigenvalue weighted by molar-refractivity contribution is 5.88. The maximum Gasteiger partial charge on any atom is 0.163 e. The number of aliphatic hydroxyl groups is 1. The molecule has 0 unspecified atom stereocenters. The molecule has 1 atom stereocenters. The monoisotopic (exact) mass is 304 g/mol. The molecule has 0 radical (unpaired) electrons. The fraction of sp³-hybridized carbons (Fsp3) is 0.667. The Morgan fingerprint density at radius 3 is 3.05 bits per heavy atom. The number of aryl methyl sites for hydroxylation is 2. The molecule has 0 bridgehead atoms. The van der Waals surface area contributed by atoms with Crippen LogP contribution < -0.4 is 5.32 Å². The number of hydrogen-bond donors (Lipinski definition) is 2. The van der Waals surface area contributed by atoms with E-state index in [9.17, 15) is 5.11 Å². The van der Waals surface area contributed by atoms with Crippen LogP contribution in [0.2, 0.25) is 0 Å². The smallest absolute Gasteiger partial charge is 0.163 e. The zero-order valence-electron chi connectivity index (χ0n) is 13.3. The summed E-state index contributed by atoms with van der Waals surface area (Å²) in [7, 11) is 1.89.